The normalized spacial score (nSPS) is 14.7. The zero-order valence-corrected chi connectivity index (χ0v) is 13.6. The van der Waals surface area contributed by atoms with Gasteiger partial charge in [0.25, 0.3) is 5.91 Å². The van der Waals surface area contributed by atoms with E-state index in [2.05, 4.69) is 19.2 Å². The Kier molecular flexibility index (Phi) is 6.52. The van der Waals surface area contributed by atoms with Gasteiger partial charge in [-0.25, -0.2) is 0 Å². The van der Waals surface area contributed by atoms with Crippen molar-refractivity contribution in [2.24, 2.45) is 0 Å². The number of nitrogens with one attached hydrogen (secondary N) is 1. The first-order valence-corrected chi connectivity index (χ1v) is 8.16. The van der Waals surface area contributed by atoms with Gasteiger partial charge in [0.05, 0.1) is 18.8 Å². The molecule has 0 spiro atoms. The molecule has 0 unspecified atom stereocenters. The summed E-state index contributed by atoms with van der Waals surface area (Å²) >= 11 is 0. The largest absolute Gasteiger partial charge is 0.494 e. The molecule has 0 saturated carbocycles. The average Bonchev–Trinajstić information content (AvgIpc) is 2.58. The monoisotopic (exact) mass is 306 g/mol. The van der Waals surface area contributed by atoms with Crippen LogP contribution in [-0.4, -0.2) is 50.2 Å². The third-order valence-electron chi connectivity index (χ3n) is 3.52. The van der Waals surface area contributed by atoms with Crippen LogP contribution in [0.5, 0.6) is 11.5 Å². The van der Waals surface area contributed by atoms with Crippen molar-refractivity contribution in [3.63, 3.8) is 0 Å². The zero-order valence-electron chi connectivity index (χ0n) is 13.6. The molecule has 1 aromatic rings. The molecular weight excluding hydrogens is 280 g/mol. The minimum Gasteiger partial charge on any atom is -0.494 e. The van der Waals surface area contributed by atoms with E-state index in [9.17, 15) is 4.79 Å². The number of benzene rings is 1. The molecule has 1 N–H and O–H groups in total. The van der Waals surface area contributed by atoms with Crippen molar-refractivity contribution >= 4 is 5.91 Å². The number of ether oxygens (including phenoxy) is 2. The van der Waals surface area contributed by atoms with E-state index < -0.39 is 0 Å². The third kappa shape index (κ3) is 4.37. The molecule has 1 heterocycles. The van der Waals surface area contributed by atoms with Crippen molar-refractivity contribution in [2.75, 3.05) is 39.4 Å². The summed E-state index contributed by atoms with van der Waals surface area (Å²) in [6.45, 7) is 8.50. The molecule has 0 aliphatic carbocycles. The molecule has 22 heavy (non-hydrogen) atoms. The zero-order chi connectivity index (χ0) is 15.8. The van der Waals surface area contributed by atoms with E-state index >= 15 is 0 Å². The molecule has 0 atom stereocenters. The van der Waals surface area contributed by atoms with E-state index in [0.29, 0.717) is 24.5 Å². The Balaban J connectivity index is 2.20. The second-order valence-corrected chi connectivity index (χ2v) is 5.40. The topological polar surface area (TPSA) is 50.8 Å². The maximum atomic E-state index is 12.8. The molecule has 0 radical (unpaired) electrons. The summed E-state index contributed by atoms with van der Waals surface area (Å²) < 4.78 is 11.4. The van der Waals surface area contributed by atoms with Crippen LogP contribution in [0.1, 0.15) is 37.0 Å². The minimum absolute atomic E-state index is 0.0227. The van der Waals surface area contributed by atoms with Crippen LogP contribution in [0.15, 0.2) is 18.2 Å². The highest BCUT2D eigenvalue weighted by Crippen LogP contribution is 2.26. The van der Waals surface area contributed by atoms with Gasteiger partial charge >= 0.3 is 0 Å². The summed E-state index contributed by atoms with van der Waals surface area (Å²) in [6.07, 6.45) is 1.85. The lowest BCUT2D eigenvalue weighted by atomic mass is 10.1. The second kappa shape index (κ2) is 8.63. The van der Waals surface area contributed by atoms with Crippen molar-refractivity contribution < 1.29 is 14.3 Å². The van der Waals surface area contributed by atoms with Crippen molar-refractivity contribution in [1.82, 2.24) is 10.2 Å². The SMILES string of the molecule is CCCOc1ccc(OCCC)c(C(=O)N2CCNCC2)c1. The number of rotatable bonds is 7. The van der Waals surface area contributed by atoms with Gasteiger partial charge in [0.15, 0.2) is 0 Å². The van der Waals surface area contributed by atoms with Crippen molar-refractivity contribution in [3.8, 4) is 11.5 Å². The first-order chi connectivity index (χ1) is 10.8. The number of nitrogens with zero attached hydrogens (tertiary/aromatic N) is 1. The van der Waals surface area contributed by atoms with Gasteiger partial charge in [-0.05, 0) is 31.0 Å². The molecule has 0 aromatic heterocycles. The number of hydrogen-bond acceptors (Lipinski definition) is 4. The molecule has 1 aliphatic rings. The summed E-state index contributed by atoms with van der Waals surface area (Å²) in [5, 5.41) is 3.26. The van der Waals surface area contributed by atoms with Crippen LogP contribution >= 0.6 is 0 Å². The quantitative estimate of drug-likeness (QED) is 0.840. The van der Waals surface area contributed by atoms with Gasteiger partial charge < -0.3 is 19.7 Å². The molecule has 122 valence electrons. The Morgan fingerprint density at radius 2 is 1.82 bits per heavy atom. The predicted molar refractivity (Wildman–Crippen MR) is 86.8 cm³/mol. The van der Waals surface area contributed by atoms with Crippen molar-refractivity contribution in [2.45, 2.75) is 26.7 Å². The standard InChI is InChI=1S/C17H26N2O3/c1-3-11-21-14-5-6-16(22-12-4-2)15(13-14)17(20)19-9-7-18-8-10-19/h5-6,13,18H,3-4,7-12H2,1-2H3. The molecule has 5 heteroatoms. The highest BCUT2D eigenvalue weighted by Gasteiger charge is 2.22. The van der Waals surface area contributed by atoms with E-state index in [4.69, 9.17) is 9.47 Å². The average molecular weight is 306 g/mol. The predicted octanol–water partition coefficient (Wildman–Crippen LogP) is 2.31. The van der Waals surface area contributed by atoms with Crippen LogP contribution in [0.25, 0.3) is 0 Å². The summed E-state index contributed by atoms with van der Waals surface area (Å²) in [5.74, 6) is 1.40. The van der Waals surface area contributed by atoms with Crippen LogP contribution in [-0.2, 0) is 0 Å². The smallest absolute Gasteiger partial charge is 0.257 e. The molecule has 1 aromatic carbocycles. The van der Waals surface area contributed by atoms with E-state index in [1.54, 1.807) is 0 Å². The maximum Gasteiger partial charge on any atom is 0.257 e. The number of amides is 1. The molecule has 1 fully saturated rings. The van der Waals surface area contributed by atoms with Gasteiger partial charge in [-0.2, -0.15) is 0 Å². The fourth-order valence-corrected chi connectivity index (χ4v) is 2.36. The van der Waals surface area contributed by atoms with E-state index in [-0.39, 0.29) is 5.91 Å². The fourth-order valence-electron chi connectivity index (χ4n) is 2.36. The minimum atomic E-state index is 0.0227. The first-order valence-electron chi connectivity index (χ1n) is 8.16. The lowest BCUT2D eigenvalue weighted by Crippen LogP contribution is -2.46. The Hall–Kier alpha value is -1.75. The summed E-state index contributed by atoms with van der Waals surface area (Å²) in [7, 11) is 0. The van der Waals surface area contributed by atoms with Gasteiger partial charge in [0.2, 0.25) is 0 Å². The lowest BCUT2D eigenvalue weighted by molar-refractivity contribution is 0.0731. The first kappa shape index (κ1) is 16.6. The number of hydrogen-bond donors (Lipinski definition) is 1. The number of piperazine rings is 1. The summed E-state index contributed by atoms with van der Waals surface area (Å²) in [6, 6.07) is 5.52. The van der Waals surface area contributed by atoms with E-state index in [1.165, 1.54) is 0 Å². The second-order valence-electron chi connectivity index (χ2n) is 5.40. The molecule has 2 rings (SSSR count). The van der Waals surface area contributed by atoms with Crippen LogP contribution in [0, 0.1) is 0 Å². The highest BCUT2D eigenvalue weighted by atomic mass is 16.5. The van der Waals surface area contributed by atoms with Crippen LogP contribution in [0.4, 0.5) is 0 Å². The van der Waals surface area contributed by atoms with E-state index in [0.717, 1.165) is 44.8 Å². The molecule has 0 bridgehead atoms. The molecule has 1 aliphatic heterocycles. The van der Waals surface area contributed by atoms with Gasteiger partial charge in [0.1, 0.15) is 11.5 Å². The molecule has 1 amide bonds. The van der Waals surface area contributed by atoms with Crippen molar-refractivity contribution in [3.05, 3.63) is 23.8 Å². The van der Waals surface area contributed by atoms with Crippen LogP contribution in [0.3, 0.4) is 0 Å². The van der Waals surface area contributed by atoms with Gasteiger partial charge in [0, 0.05) is 26.2 Å². The number of carbonyl (C=O) groups excluding carboxylic acids is 1. The summed E-state index contributed by atoms with van der Waals surface area (Å²) in [4.78, 5) is 14.6. The number of carbonyl (C=O) groups is 1. The Labute approximate surface area is 132 Å². The third-order valence-corrected chi connectivity index (χ3v) is 3.52. The lowest BCUT2D eigenvalue weighted by Gasteiger charge is -2.28. The van der Waals surface area contributed by atoms with Gasteiger partial charge in [-0.3, -0.25) is 4.79 Å². The molecule has 1 saturated heterocycles. The molecular formula is C17H26N2O3. The highest BCUT2D eigenvalue weighted by molar-refractivity contribution is 5.97. The Bertz CT molecular complexity index is 485. The van der Waals surface area contributed by atoms with Crippen LogP contribution < -0.4 is 14.8 Å². The van der Waals surface area contributed by atoms with Crippen LogP contribution in [0.2, 0.25) is 0 Å². The fraction of sp³-hybridized carbons (Fsp3) is 0.588. The van der Waals surface area contributed by atoms with Gasteiger partial charge in [-0.15, -0.1) is 0 Å². The Morgan fingerprint density at radius 1 is 1.14 bits per heavy atom. The Morgan fingerprint density at radius 3 is 2.50 bits per heavy atom. The summed E-state index contributed by atoms with van der Waals surface area (Å²) in [5.41, 5.74) is 0.601. The van der Waals surface area contributed by atoms with E-state index in [1.807, 2.05) is 23.1 Å². The maximum absolute atomic E-state index is 12.8. The van der Waals surface area contributed by atoms with Gasteiger partial charge in [-0.1, -0.05) is 13.8 Å². The molecule has 5 nitrogen and oxygen atoms in total. The van der Waals surface area contributed by atoms with Crippen molar-refractivity contribution in [1.29, 1.82) is 0 Å².